The van der Waals surface area contributed by atoms with E-state index in [1.165, 1.54) is 0 Å². The molecule has 84 valence electrons. The highest BCUT2D eigenvalue weighted by atomic mass is 16.3. The maximum absolute atomic E-state index is 9.65. The second-order valence-electron chi connectivity index (χ2n) is 4.09. The van der Waals surface area contributed by atoms with E-state index in [-0.39, 0.29) is 18.4 Å². The van der Waals surface area contributed by atoms with E-state index in [1.54, 1.807) is 6.07 Å². The topological polar surface area (TPSA) is 66.5 Å². The Morgan fingerprint density at radius 2 is 2.00 bits per heavy atom. The summed E-state index contributed by atoms with van der Waals surface area (Å²) in [6, 6.07) is 5.19. The van der Waals surface area contributed by atoms with E-state index >= 15 is 0 Å². The van der Waals surface area contributed by atoms with Crippen molar-refractivity contribution in [1.82, 2.24) is 0 Å². The number of aliphatic hydroxyl groups excluding tert-OH is 1. The van der Waals surface area contributed by atoms with Gasteiger partial charge in [-0.15, -0.1) is 0 Å². The number of benzene rings is 1. The zero-order chi connectivity index (χ0) is 11.4. The molecular formula is C12H19NO2. The van der Waals surface area contributed by atoms with Gasteiger partial charge in [0.25, 0.3) is 0 Å². The van der Waals surface area contributed by atoms with Gasteiger partial charge in [0.2, 0.25) is 0 Å². The molecule has 0 amide bonds. The number of phenolic OH excluding ortho intramolecular Hbond substituents is 1. The summed E-state index contributed by atoms with van der Waals surface area (Å²) in [5, 5.41) is 18.5. The average Bonchev–Trinajstić information content (AvgIpc) is 2.18. The predicted octanol–water partition coefficient (Wildman–Crippen LogP) is 1.90. The number of rotatable bonds is 4. The summed E-state index contributed by atoms with van der Waals surface area (Å²) in [6.07, 6.45) is 0.467. The Kier molecular flexibility index (Phi) is 4.12. The first-order valence-electron chi connectivity index (χ1n) is 5.25. The molecule has 0 radical (unpaired) electrons. The van der Waals surface area contributed by atoms with Gasteiger partial charge in [0.05, 0.1) is 0 Å². The molecule has 3 nitrogen and oxygen atoms in total. The summed E-state index contributed by atoms with van der Waals surface area (Å²) in [7, 11) is 0. The third-order valence-electron chi connectivity index (χ3n) is 2.56. The zero-order valence-corrected chi connectivity index (χ0v) is 9.27. The number of aliphatic hydroxyl groups is 1. The van der Waals surface area contributed by atoms with Crippen molar-refractivity contribution in [2.24, 2.45) is 5.73 Å². The van der Waals surface area contributed by atoms with E-state index in [0.29, 0.717) is 12.3 Å². The van der Waals surface area contributed by atoms with Crippen molar-refractivity contribution >= 4 is 0 Å². The molecule has 0 spiro atoms. The molecule has 0 aromatic heterocycles. The standard InChI is InChI=1S/C12H19NO2/c1-8(2)9-3-4-12(15)10(7-9)11(13)5-6-14/h3-4,7-8,11,14-15H,5-6,13H2,1-2H3. The molecule has 1 unspecified atom stereocenters. The predicted molar refractivity (Wildman–Crippen MR) is 60.8 cm³/mol. The van der Waals surface area contributed by atoms with E-state index in [0.717, 1.165) is 11.1 Å². The summed E-state index contributed by atoms with van der Waals surface area (Å²) in [5.74, 6) is 0.617. The highest BCUT2D eigenvalue weighted by Crippen LogP contribution is 2.28. The largest absolute Gasteiger partial charge is 0.508 e. The number of hydrogen-bond acceptors (Lipinski definition) is 3. The molecule has 0 saturated carbocycles. The summed E-state index contributed by atoms with van der Waals surface area (Å²) in [6.45, 7) is 4.22. The van der Waals surface area contributed by atoms with Crippen LogP contribution in [0.15, 0.2) is 18.2 Å². The second-order valence-corrected chi connectivity index (χ2v) is 4.09. The molecule has 1 rings (SSSR count). The molecule has 0 saturated heterocycles. The van der Waals surface area contributed by atoms with Crippen molar-refractivity contribution in [3.05, 3.63) is 29.3 Å². The monoisotopic (exact) mass is 209 g/mol. The number of aromatic hydroxyl groups is 1. The van der Waals surface area contributed by atoms with E-state index in [2.05, 4.69) is 13.8 Å². The van der Waals surface area contributed by atoms with Crippen LogP contribution < -0.4 is 5.73 Å². The maximum atomic E-state index is 9.65. The molecule has 0 bridgehead atoms. The summed E-state index contributed by atoms with van der Waals surface area (Å²) < 4.78 is 0. The Hall–Kier alpha value is -1.06. The minimum absolute atomic E-state index is 0.0342. The van der Waals surface area contributed by atoms with Crippen molar-refractivity contribution in [3.8, 4) is 5.75 Å². The van der Waals surface area contributed by atoms with Gasteiger partial charge in [-0.1, -0.05) is 26.0 Å². The first-order valence-corrected chi connectivity index (χ1v) is 5.25. The average molecular weight is 209 g/mol. The second kappa shape index (κ2) is 5.14. The molecule has 0 fully saturated rings. The zero-order valence-electron chi connectivity index (χ0n) is 9.27. The third kappa shape index (κ3) is 2.94. The maximum Gasteiger partial charge on any atom is 0.120 e. The highest BCUT2D eigenvalue weighted by Gasteiger charge is 2.12. The van der Waals surface area contributed by atoms with Gasteiger partial charge >= 0.3 is 0 Å². The molecule has 1 aromatic carbocycles. The Morgan fingerprint density at radius 1 is 1.33 bits per heavy atom. The minimum Gasteiger partial charge on any atom is -0.508 e. The van der Waals surface area contributed by atoms with E-state index in [4.69, 9.17) is 10.8 Å². The van der Waals surface area contributed by atoms with Gasteiger partial charge < -0.3 is 15.9 Å². The normalized spacial score (nSPS) is 13.1. The van der Waals surface area contributed by atoms with E-state index in [1.807, 2.05) is 12.1 Å². The van der Waals surface area contributed by atoms with Gasteiger partial charge in [-0.05, 0) is 24.0 Å². The van der Waals surface area contributed by atoms with Crippen LogP contribution in [0.25, 0.3) is 0 Å². The fraction of sp³-hybridized carbons (Fsp3) is 0.500. The summed E-state index contributed by atoms with van der Waals surface area (Å²) in [5.41, 5.74) is 7.72. The molecule has 0 aliphatic heterocycles. The van der Waals surface area contributed by atoms with Crippen LogP contribution in [0, 0.1) is 0 Å². The third-order valence-corrected chi connectivity index (χ3v) is 2.56. The van der Waals surface area contributed by atoms with Crippen molar-refractivity contribution in [2.75, 3.05) is 6.61 Å². The van der Waals surface area contributed by atoms with E-state index < -0.39 is 0 Å². The van der Waals surface area contributed by atoms with Gasteiger partial charge in [0, 0.05) is 18.2 Å². The molecule has 15 heavy (non-hydrogen) atoms. The minimum atomic E-state index is -0.298. The van der Waals surface area contributed by atoms with Crippen LogP contribution in [0.1, 0.15) is 43.4 Å². The fourth-order valence-electron chi connectivity index (χ4n) is 1.52. The highest BCUT2D eigenvalue weighted by molar-refractivity contribution is 5.39. The van der Waals surface area contributed by atoms with Crippen molar-refractivity contribution in [2.45, 2.75) is 32.2 Å². The van der Waals surface area contributed by atoms with Crippen LogP contribution in [-0.2, 0) is 0 Å². The van der Waals surface area contributed by atoms with Gasteiger partial charge in [0.1, 0.15) is 5.75 Å². The molecule has 4 N–H and O–H groups in total. The Balaban J connectivity index is 2.99. The van der Waals surface area contributed by atoms with Crippen LogP contribution in [-0.4, -0.2) is 16.8 Å². The number of phenols is 1. The van der Waals surface area contributed by atoms with Crippen molar-refractivity contribution < 1.29 is 10.2 Å². The first kappa shape index (κ1) is 12.0. The van der Waals surface area contributed by atoms with Crippen LogP contribution in [0.2, 0.25) is 0 Å². The van der Waals surface area contributed by atoms with E-state index in [9.17, 15) is 5.11 Å². The lowest BCUT2D eigenvalue weighted by Gasteiger charge is -2.15. The Bertz CT molecular complexity index is 323. The van der Waals surface area contributed by atoms with Crippen LogP contribution in [0.5, 0.6) is 5.75 Å². The van der Waals surface area contributed by atoms with Gasteiger partial charge in [0.15, 0.2) is 0 Å². The number of hydrogen-bond donors (Lipinski definition) is 3. The lowest BCUT2D eigenvalue weighted by Crippen LogP contribution is -2.12. The first-order chi connectivity index (χ1) is 7.06. The van der Waals surface area contributed by atoms with Gasteiger partial charge in [-0.2, -0.15) is 0 Å². The lowest BCUT2D eigenvalue weighted by atomic mass is 9.96. The molecule has 3 heteroatoms. The molecule has 0 heterocycles. The molecule has 0 aliphatic rings. The summed E-state index contributed by atoms with van der Waals surface area (Å²) in [4.78, 5) is 0. The molecule has 1 aromatic rings. The fourth-order valence-corrected chi connectivity index (χ4v) is 1.52. The summed E-state index contributed by atoms with van der Waals surface area (Å²) >= 11 is 0. The SMILES string of the molecule is CC(C)c1ccc(O)c(C(N)CCO)c1. The van der Waals surface area contributed by atoms with Crippen LogP contribution in [0.4, 0.5) is 0 Å². The molecular weight excluding hydrogens is 190 g/mol. The lowest BCUT2D eigenvalue weighted by molar-refractivity contribution is 0.275. The quantitative estimate of drug-likeness (QED) is 0.709. The van der Waals surface area contributed by atoms with Crippen molar-refractivity contribution in [1.29, 1.82) is 0 Å². The number of nitrogens with two attached hydrogens (primary N) is 1. The van der Waals surface area contributed by atoms with Crippen molar-refractivity contribution in [3.63, 3.8) is 0 Å². The Morgan fingerprint density at radius 3 is 2.53 bits per heavy atom. The smallest absolute Gasteiger partial charge is 0.120 e. The van der Waals surface area contributed by atoms with Crippen LogP contribution >= 0.6 is 0 Å². The molecule has 1 atom stereocenters. The van der Waals surface area contributed by atoms with Gasteiger partial charge in [-0.3, -0.25) is 0 Å². The Labute approximate surface area is 90.5 Å². The van der Waals surface area contributed by atoms with Crippen LogP contribution in [0.3, 0.4) is 0 Å². The molecule has 0 aliphatic carbocycles. The van der Waals surface area contributed by atoms with Gasteiger partial charge in [-0.25, -0.2) is 0 Å².